The van der Waals surface area contributed by atoms with Crippen LogP contribution in [0.25, 0.3) is 0 Å². The highest BCUT2D eigenvalue weighted by molar-refractivity contribution is 6.42. The van der Waals surface area contributed by atoms with Crippen LogP contribution in [0.1, 0.15) is 18.7 Å². The first kappa shape index (κ1) is 14.3. The van der Waals surface area contributed by atoms with E-state index in [0.717, 1.165) is 12.2 Å². The van der Waals surface area contributed by atoms with E-state index < -0.39 is 0 Å². The lowest BCUT2D eigenvalue weighted by atomic mass is 10.1. The Hall–Kier alpha value is -1.65. The predicted octanol–water partition coefficient (Wildman–Crippen LogP) is 4.40. The highest BCUT2D eigenvalue weighted by Gasteiger charge is 2.27. The monoisotopic (exact) mass is 323 g/mol. The second kappa shape index (κ2) is 5.62. The van der Waals surface area contributed by atoms with E-state index in [1.807, 2.05) is 30.2 Å². The molecule has 3 rings (SSSR count). The molecule has 0 fully saturated rings. The molecule has 110 valence electrons. The largest absolute Gasteiger partial charge is 0.348 e. The molecule has 6 heteroatoms. The summed E-state index contributed by atoms with van der Waals surface area (Å²) >= 11 is 11.8. The molecule has 1 aromatic heterocycles. The molecule has 1 atom stereocenters. The molecule has 0 radical (unpaired) electrons. The van der Waals surface area contributed by atoms with Crippen LogP contribution < -0.4 is 5.32 Å². The number of rotatable bonds is 1. The van der Waals surface area contributed by atoms with Crippen molar-refractivity contribution in [2.75, 3.05) is 11.9 Å². The molecule has 0 saturated heterocycles. The van der Waals surface area contributed by atoms with Gasteiger partial charge in [0.15, 0.2) is 0 Å². The lowest BCUT2D eigenvalue weighted by Crippen LogP contribution is -2.42. The summed E-state index contributed by atoms with van der Waals surface area (Å²) in [5.74, 6) is 0. The normalized spacial score (nSPS) is 17.5. The number of amides is 2. The van der Waals surface area contributed by atoms with Crippen LogP contribution in [0.3, 0.4) is 0 Å². The van der Waals surface area contributed by atoms with E-state index in [2.05, 4.69) is 9.88 Å². The Morgan fingerprint density at radius 2 is 2.05 bits per heavy atom. The zero-order chi connectivity index (χ0) is 15.0. The van der Waals surface area contributed by atoms with Gasteiger partial charge in [0.1, 0.15) is 0 Å². The lowest BCUT2D eigenvalue weighted by Gasteiger charge is -2.34. The number of nitrogens with one attached hydrogen (secondary N) is 1. The summed E-state index contributed by atoms with van der Waals surface area (Å²) < 4.78 is 2.17. The molecule has 2 amide bonds. The number of fused-ring (bicyclic) bond motifs is 1. The lowest BCUT2D eigenvalue weighted by molar-refractivity contribution is 0.175. The summed E-state index contributed by atoms with van der Waals surface area (Å²) in [7, 11) is 0. The number of nitrogens with zero attached hydrogens (tertiary/aromatic N) is 2. The van der Waals surface area contributed by atoms with Crippen molar-refractivity contribution >= 4 is 34.9 Å². The smallest absolute Gasteiger partial charge is 0.322 e. The first-order valence-electron chi connectivity index (χ1n) is 6.74. The third kappa shape index (κ3) is 2.74. The Kier molecular flexibility index (Phi) is 3.83. The van der Waals surface area contributed by atoms with E-state index >= 15 is 0 Å². The second-order valence-electron chi connectivity index (χ2n) is 5.05. The molecule has 2 aromatic rings. The number of hydrogen-bond donors (Lipinski definition) is 1. The molecule has 2 heterocycles. The fraction of sp³-hybridized carbons (Fsp3) is 0.267. The fourth-order valence-corrected chi connectivity index (χ4v) is 2.92. The quantitative estimate of drug-likeness (QED) is 0.829. The minimum Gasteiger partial charge on any atom is -0.348 e. The molecule has 0 saturated carbocycles. The Balaban J connectivity index is 1.75. The summed E-state index contributed by atoms with van der Waals surface area (Å²) in [6, 6.07) is 9.02. The van der Waals surface area contributed by atoms with Crippen LogP contribution in [0.15, 0.2) is 36.5 Å². The molecule has 1 unspecified atom stereocenters. The van der Waals surface area contributed by atoms with Gasteiger partial charge in [-0.05, 0) is 37.3 Å². The van der Waals surface area contributed by atoms with Crippen LogP contribution in [0.4, 0.5) is 10.5 Å². The van der Waals surface area contributed by atoms with Crippen LogP contribution in [0.5, 0.6) is 0 Å². The van der Waals surface area contributed by atoms with Gasteiger partial charge in [-0.2, -0.15) is 0 Å². The number of aromatic nitrogens is 1. The summed E-state index contributed by atoms with van der Waals surface area (Å²) in [5.41, 5.74) is 1.79. The highest BCUT2D eigenvalue weighted by Crippen LogP contribution is 2.28. The van der Waals surface area contributed by atoms with E-state index in [0.29, 0.717) is 22.3 Å². The molecule has 1 N–H and O–H groups in total. The van der Waals surface area contributed by atoms with Crippen LogP contribution >= 0.6 is 23.2 Å². The molecule has 4 nitrogen and oxygen atoms in total. The number of hydrogen-bond acceptors (Lipinski definition) is 1. The topological polar surface area (TPSA) is 37.3 Å². The Morgan fingerprint density at radius 1 is 1.24 bits per heavy atom. The van der Waals surface area contributed by atoms with Crippen molar-refractivity contribution < 1.29 is 4.79 Å². The Morgan fingerprint density at radius 3 is 2.81 bits per heavy atom. The highest BCUT2D eigenvalue weighted by atomic mass is 35.5. The van der Waals surface area contributed by atoms with Crippen LogP contribution in [-0.2, 0) is 6.54 Å². The standard InChI is InChI=1S/C15H15Cl2N3O/c1-10-14-3-2-6-19(14)7-8-20(10)15(21)18-11-4-5-12(16)13(17)9-11/h2-6,9-10H,7-8H2,1H3,(H,18,21). The zero-order valence-corrected chi connectivity index (χ0v) is 13.0. The van der Waals surface area contributed by atoms with Gasteiger partial charge in [-0.15, -0.1) is 0 Å². The van der Waals surface area contributed by atoms with Gasteiger partial charge in [0.25, 0.3) is 0 Å². The van der Waals surface area contributed by atoms with Crippen LogP contribution in [0, 0.1) is 0 Å². The molecular formula is C15H15Cl2N3O. The number of halogens is 2. The maximum Gasteiger partial charge on any atom is 0.322 e. The molecular weight excluding hydrogens is 309 g/mol. The Bertz CT molecular complexity index is 683. The molecule has 0 aliphatic carbocycles. The number of urea groups is 1. The summed E-state index contributed by atoms with van der Waals surface area (Å²) in [6.45, 7) is 3.51. The van der Waals surface area contributed by atoms with Crippen molar-refractivity contribution in [3.05, 3.63) is 52.3 Å². The number of benzene rings is 1. The fourth-order valence-electron chi connectivity index (χ4n) is 2.63. The van der Waals surface area contributed by atoms with Gasteiger partial charge in [-0.3, -0.25) is 0 Å². The molecule has 0 bridgehead atoms. The second-order valence-corrected chi connectivity index (χ2v) is 5.87. The van der Waals surface area contributed by atoms with Gasteiger partial charge >= 0.3 is 6.03 Å². The average Bonchev–Trinajstić information content (AvgIpc) is 2.92. The van der Waals surface area contributed by atoms with Crippen molar-refractivity contribution in [3.63, 3.8) is 0 Å². The minimum atomic E-state index is -0.131. The summed E-state index contributed by atoms with van der Waals surface area (Å²) in [6.07, 6.45) is 2.04. The minimum absolute atomic E-state index is 0.0384. The molecule has 1 aliphatic heterocycles. The van der Waals surface area contributed by atoms with E-state index in [9.17, 15) is 4.79 Å². The van der Waals surface area contributed by atoms with E-state index in [4.69, 9.17) is 23.2 Å². The maximum absolute atomic E-state index is 12.4. The average molecular weight is 324 g/mol. The van der Waals surface area contributed by atoms with Crippen molar-refractivity contribution in [3.8, 4) is 0 Å². The number of carbonyl (C=O) groups is 1. The van der Waals surface area contributed by atoms with Crippen LogP contribution in [0.2, 0.25) is 10.0 Å². The van der Waals surface area contributed by atoms with Gasteiger partial charge in [0.05, 0.1) is 16.1 Å². The Labute approximate surface area is 133 Å². The van der Waals surface area contributed by atoms with Gasteiger partial charge < -0.3 is 14.8 Å². The summed E-state index contributed by atoms with van der Waals surface area (Å²) in [5, 5.41) is 3.76. The first-order chi connectivity index (χ1) is 10.1. The predicted molar refractivity (Wildman–Crippen MR) is 85.0 cm³/mol. The zero-order valence-electron chi connectivity index (χ0n) is 11.5. The van der Waals surface area contributed by atoms with Gasteiger partial charge in [-0.1, -0.05) is 23.2 Å². The van der Waals surface area contributed by atoms with Crippen LogP contribution in [-0.4, -0.2) is 22.0 Å². The molecule has 1 aromatic carbocycles. The van der Waals surface area contributed by atoms with E-state index in [1.165, 1.54) is 0 Å². The van der Waals surface area contributed by atoms with Gasteiger partial charge in [-0.25, -0.2) is 4.79 Å². The van der Waals surface area contributed by atoms with Crippen molar-refractivity contribution in [2.24, 2.45) is 0 Å². The van der Waals surface area contributed by atoms with Crippen molar-refractivity contribution in [1.82, 2.24) is 9.47 Å². The van der Waals surface area contributed by atoms with E-state index in [-0.39, 0.29) is 12.1 Å². The number of anilines is 1. The third-order valence-corrected chi connectivity index (χ3v) is 4.51. The van der Waals surface area contributed by atoms with E-state index in [1.54, 1.807) is 18.2 Å². The first-order valence-corrected chi connectivity index (χ1v) is 7.49. The molecule has 1 aliphatic rings. The van der Waals surface area contributed by atoms with Crippen molar-refractivity contribution in [2.45, 2.75) is 19.5 Å². The van der Waals surface area contributed by atoms with Gasteiger partial charge in [0.2, 0.25) is 0 Å². The molecule has 21 heavy (non-hydrogen) atoms. The van der Waals surface area contributed by atoms with Crippen molar-refractivity contribution in [1.29, 1.82) is 0 Å². The maximum atomic E-state index is 12.4. The summed E-state index contributed by atoms with van der Waals surface area (Å²) in [4.78, 5) is 14.3. The SMILES string of the molecule is CC1c2cccn2CCN1C(=O)Nc1ccc(Cl)c(Cl)c1. The third-order valence-electron chi connectivity index (χ3n) is 3.77. The van der Waals surface area contributed by atoms with Gasteiger partial charge in [0, 0.05) is 30.7 Å². The number of carbonyl (C=O) groups excluding carboxylic acids is 1. The molecule has 0 spiro atoms.